The van der Waals surface area contributed by atoms with Gasteiger partial charge in [0.2, 0.25) is 5.91 Å². The zero-order chi connectivity index (χ0) is 13.4. The van der Waals surface area contributed by atoms with Gasteiger partial charge in [-0.25, -0.2) is 0 Å². The van der Waals surface area contributed by atoms with E-state index in [4.69, 9.17) is 23.2 Å². The molecular weight excluding hydrogens is 283 g/mol. The van der Waals surface area contributed by atoms with E-state index < -0.39 is 0 Å². The number of benzene rings is 1. The molecule has 1 aliphatic carbocycles. The molecule has 1 aliphatic heterocycles. The highest BCUT2D eigenvalue weighted by Crippen LogP contribution is 2.50. The van der Waals surface area contributed by atoms with Crippen LogP contribution < -0.4 is 10.6 Å². The van der Waals surface area contributed by atoms with Crippen molar-refractivity contribution in [1.29, 1.82) is 0 Å². The molecule has 2 fully saturated rings. The van der Waals surface area contributed by atoms with E-state index in [9.17, 15) is 4.79 Å². The van der Waals surface area contributed by atoms with Crippen LogP contribution in [0.3, 0.4) is 0 Å². The van der Waals surface area contributed by atoms with E-state index in [0.29, 0.717) is 10.0 Å². The third-order valence-electron chi connectivity index (χ3n) is 3.90. The van der Waals surface area contributed by atoms with E-state index in [-0.39, 0.29) is 23.8 Å². The van der Waals surface area contributed by atoms with Gasteiger partial charge >= 0.3 is 0 Å². The summed E-state index contributed by atoms with van der Waals surface area (Å²) < 4.78 is 0. The summed E-state index contributed by atoms with van der Waals surface area (Å²) in [5.74, 6) is 0.475. The van der Waals surface area contributed by atoms with Gasteiger partial charge in [0.15, 0.2) is 0 Å². The van der Waals surface area contributed by atoms with Crippen molar-refractivity contribution in [1.82, 2.24) is 10.6 Å². The summed E-state index contributed by atoms with van der Waals surface area (Å²) >= 11 is 12.1. The first kappa shape index (κ1) is 13.2. The Balaban J connectivity index is 1.62. The van der Waals surface area contributed by atoms with Crippen LogP contribution >= 0.6 is 23.2 Å². The molecule has 19 heavy (non-hydrogen) atoms. The zero-order valence-electron chi connectivity index (χ0n) is 10.5. The minimum atomic E-state index is 0.0688. The Morgan fingerprint density at radius 2 is 2.21 bits per heavy atom. The SMILES string of the molecule is O=C(NC1CCNC1)C1CC1c1ccc(Cl)cc1Cl. The number of halogens is 2. The highest BCUT2D eigenvalue weighted by atomic mass is 35.5. The van der Waals surface area contributed by atoms with Crippen molar-refractivity contribution in [3.05, 3.63) is 33.8 Å². The monoisotopic (exact) mass is 298 g/mol. The highest BCUT2D eigenvalue weighted by Gasteiger charge is 2.45. The van der Waals surface area contributed by atoms with Gasteiger partial charge in [0.1, 0.15) is 0 Å². The predicted octanol–water partition coefficient (Wildman–Crippen LogP) is 2.58. The first-order valence-corrected chi connectivity index (χ1v) is 7.37. The molecule has 1 aromatic carbocycles. The van der Waals surface area contributed by atoms with Gasteiger partial charge in [-0.15, -0.1) is 0 Å². The number of amides is 1. The summed E-state index contributed by atoms with van der Waals surface area (Å²) in [6, 6.07) is 5.79. The molecule has 3 rings (SSSR count). The van der Waals surface area contributed by atoms with E-state index in [0.717, 1.165) is 31.5 Å². The van der Waals surface area contributed by atoms with Crippen LogP contribution in [0, 0.1) is 5.92 Å². The largest absolute Gasteiger partial charge is 0.352 e. The second kappa shape index (κ2) is 5.31. The van der Waals surface area contributed by atoms with Crippen LogP contribution in [0.4, 0.5) is 0 Å². The Kier molecular flexibility index (Phi) is 3.70. The number of nitrogens with one attached hydrogen (secondary N) is 2. The van der Waals surface area contributed by atoms with Crippen LogP contribution in [-0.4, -0.2) is 25.0 Å². The average molecular weight is 299 g/mol. The number of hydrogen-bond acceptors (Lipinski definition) is 2. The quantitative estimate of drug-likeness (QED) is 0.900. The molecule has 5 heteroatoms. The normalized spacial score (nSPS) is 29.3. The summed E-state index contributed by atoms with van der Waals surface area (Å²) in [6.45, 7) is 1.87. The van der Waals surface area contributed by atoms with Gasteiger partial charge in [0.05, 0.1) is 0 Å². The molecule has 0 bridgehead atoms. The summed E-state index contributed by atoms with van der Waals surface area (Å²) in [6.07, 6.45) is 1.90. The first-order chi connectivity index (χ1) is 9.15. The molecule has 1 saturated carbocycles. The minimum absolute atomic E-state index is 0.0688. The fourth-order valence-corrected chi connectivity index (χ4v) is 3.27. The van der Waals surface area contributed by atoms with Crippen molar-refractivity contribution in [2.24, 2.45) is 5.92 Å². The van der Waals surface area contributed by atoms with Gasteiger partial charge in [-0.05, 0) is 43.0 Å². The maximum Gasteiger partial charge on any atom is 0.224 e. The Bertz CT molecular complexity index is 500. The second-order valence-electron chi connectivity index (χ2n) is 5.31. The standard InChI is InChI=1S/C14H16Cl2N2O/c15-8-1-2-10(13(16)5-8)11-6-12(11)14(19)18-9-3-4-17-7-9/h1-2,5,9,11-12,17H,3-4,6-7H2,(H,18,19). The number of rotatable bonds is 3. The molecule has 3 unspecified atom stereocenters. The van der Waals surface area contributed by atoms with Crippen LogP contribution in [0.15, 0.2) is 18.2 Å². The lowest BCUT2D eigenvalue weighted by atomic mass is 10.1. The molecule has 0 spiro atoms. The fourth-order valence-electron chi connectivity index (χ4n) is 2.72. The lowest BCUT2D eigenvalue weighted by Crippen LogP contribution is -2.37. The maximum atomic E-state index is 12.1. The lowest BCUT2D eigenvalue weighted by Gasteiger charge is -2.11. The van der Waals surface area contributed by atoms with E-state index in [2.05, 4.69) is 10.6 Å². The van der Waals surface area contributed by atoms with E-state index in [1.54, 1.807) is 6.07 Å². The molecule has 1 heterocycles. The van der Waals surface area contributed by atoms with E-state index in [1.807, 2.05) is 12.1 Å². The van der Waals surface area contributed by atoms with Crippen LogP contribution in [-0.2, 0) is 4.79 Å². The van der Waals surface area contributed by atoms with Crippen molar-refractivity contribution < 1.29 is 4.79 Å². The summed E-state index contributed by atoms with van der Waals surface area (Å²) in [5.41, 5.74) is 1.04. The molecule has 3 atom stereocenters. The Morgan fingerprint density at radius 3 is 2.89 bits per heavy atom. The minimum Gasteiger partial charge on any atom is -0.352 e. The molecule has 3 nitrogen and oxygen atoms in total. The zero-order valence-corrected chi connectivity index (χ0v) is 12.0. The summed E-state index contributed by atoms with van der Waals surface area (Å²) in [5, 5.41) is 7.64. The number of hydrogen-bond donors (Lipinski definition) is 2. The third-order valence-corrected chi connectivity index (χ3v) is 4.46. The Labute approximate surface area is 122 Å². The second-order valence-corrected chi connectivity index (χ2v) is 6.16. The van der Waals surface area contributed by atoms with Crippen LogP contribution in [0.5, 0.6) is 0 Å². The lowest BCUT2D eigenvalue weighted by molar-refractivity contribution is -0.123. The number of carbonyl (C=O) groups excluding carboxylic acids is 1. The van der Waals surface area contributed by atoms with E-state index >= 15 is 0 Å². The van der Waals surface area contributed by atoms with Gasteiger partial charge in [-0.2, -0.15) is 0 Å². The van der Waals surface area contributed by atoms with Crippen molar-refractivity contribution in [3.8, 4) is 0 Å². The van der Waals surface area contributed by atoms with Crippen molar-refractivity contribution in [2.75, 3.05) is 13.1 Å². The van der Waals surface area contributed by atoms with Crippen LogP contribution in [0.25, 0.3) is 0 Å². The average Bonchev–Trinajstić information content (AvgIpc) is 2.99. The molecule has 1 amide bonds. The summed E-state index contributed by atoms with van der Waals surface area (Å²) in [4.78, 5) is 12.1. The molecule has 0 radical (unpaired) electrons. The van der Waals surface area contributed by atoms with Gasteiger partial charge in [0, 0.05) is 28.5 Å². The van der Waals surface area contributed by atoms with Crippen molar-refractivity contribution >= 4 is 29.1 Å². The van der Waals surface area contributed by atoms with Gasteiger partial charge in [-0.1, -0.05) is 29.3 Å². The molecule has 1 aromatic rings. The van der Waals surface area contributed by atoms with E-state index in [1.165, 1.54) is 0 Å². The van der Waals surface area contributed by atoms with Gasteiger partial charge < -0.3 is 10.6 Å². The van der Waals surface area contributed by atoms with Crippen molar-refractivity contribution in [2.45, 2.75) is 24.8 Å². The van der Waals surface area contributed by atoms with Gasteiger partial charge in [-0.3, -0.25) is 4.79 Å². The maximum absolute atomic E-state index is 12.1. The van der Waals surface area contributed by atoms with Crippen molar-refractivity contribution in [3.63, 3.8) is 0 Å². The molecule has 2 N–H and O–H groups in total. The molecule has 2 aliphatic rings. The Morgan fingerprint density at radius 1 is 1.37 bits per heavy atom. The molecular formula is C14H16Cl2N2O. The number of carbonyl (C=O) groups is 1. The van der Waals surface area contributed by atoms with Gasteiger partial charge in [0.25, 0.3) is 0 Å². The third kappa shape index (κ3) is 2.88. The molecule has 0 aromatic heterocycles. The molecule has 102 valence electrons. The highest BCUT2D eigenvalue weighted by molar-refractivity contribution is 6.35. The van der Waals surface area contributed by atoms with Crippen LogP contribution in [0.1, 0.15) is 24.3 Å². The van der Waals surface area contributed by atoms with Crippen LogP contribution in [0.2, 0.25) is 10.0 Å². The molecule has 1 saturated heterocycles. The topological polar surface area (TPSA) is 41.1 Å². The smallest absolute Gasteiger partial charge is 0.224 e. The predicted molar refractivity (Wildman–Crippen MR) is 76.7 cm³/mol. The Hall–Kier alpha value is -0.770. The first-order valence-electron chi connectivity index (χ1n) is 6.61. The fraction of sp³-hybridized carbons (Fsp3) is 0.500. The summed E-state index contributed by atoms with van der Waals surface area (Å²) in [7, 11) is 0.